The number of ether oxygens (including phenoxy) is 2. The van der Waals surface area contributed by atoms with E-state index in [0.717, 1.165) is 38.2 Å². The zero-order valence-electron chi connectivity index (χ0n) is 17.7. The molecule has 6 heteroatoms. The number of rotatable bonds is 7. The molecule has 4 rings (SSSR count). The Hall–Kier alpha value is -2.44. The highest BCUT2D eigenvalue weighted by atomic mass is 16.5. The van der Waals surface area contributed by atoms with E-state index in [4.69, 9.17) is 9.47 Å². The molecule has 1 aromatic heterocycles. The third-order valence-corrected chi connectivity index (χ3v) is 6.10. The van der Waals surface area contributed by atoms with Gasteiger partial charge in [-0.3, -0.25) is 14.7 Å². The zero-order chi connectivity index (χ0) is 20.8. The molecule has 160 valence electrons. The smallest absolute Gasteiger partial charge is 0.255 e. The topological polar surface area (TPSA) is 54.9 Å². The van der Waals surface area contributed by atoms with Crippen LogP contribution < -0.4 is 4.74 Å². The van der Waals surface area contributed by atoms with Gasteiger partial charge in [-0.15, -0.1) is 0 Å². The van der Waals surface area contributed by atoms with Crippen molar-refractivity contribution in [1.29, 1.82) is 0 Å². The van der Waals surface area contributed by atoms with Crippen LogP contribution in [0.15, 0.2) is 48.8 Å². The fourth-order valence-corrected chi connectivity index (χ4v) is 4.55. The van der Waals surface area contributed by atoms with Crippen LogP contribution in [0.5, 0.6) is 5.75 Å². The van der Waals surface area contributed by atoms with Crippen molar-refractivity contribution in [2.45, 2.75) is 44.4 Å². The first-order valence-corrected chi connectivity index (χ1v) is 10.9. The van der Waals surface area contributed by atoms with Crippen LogP contribution in [0, 0.1) is 0 Å². The van der Waals surface area contributed by atoms with Crippen molar-refractivity contribution in [3.63, 3.8) is 0 Å². The molecule has 1 unspecified atom stereocenters. The molecule has 30 heavy (non-hydrogen) atoms. The molecule has 0 spiro atoms. The number of benzene rings is 1. The third kappa shape index (κ3) is 5.18. The lowest BCUT2D eigenvalue weighted by Gasteiger charge is -2.38. The summed E-state index contributed by atoms with van der Waals surface area (Å²) in [6.07, 6.45) is 7.92. The van der Waals surface area contributed by atoms with Crippen LogP contribution in [0.4, 0.5) is 0 Å². The summed E-state index contributed by atoms with van der Waals surface area (Å²) in [7, 11) is 1.70. The molecule has 1 aliphatic carbocycles. The van der Waals surface area contributed by atoms with Crippen LogP contribution in [-0.4, -0.2) is 66.2 Å². The Labute approximate surface area is 178 Å². The maximum Gasteiger partial charge on any atom is 0.255 e. The number of pyridine rings is 1. The lowest BCUT2D eigenvalue weighted by atomic mass is 10.1. The summed E-state index contributed by atoms with van der Waals surface area (Å²) >= 11 is 0. The van der Waals surface area contributed by atoms with Crippen molar-refractivity contribution >= 4 is 5.91 Å². The fraction of sp³-hybridized carbons (Fsp3) is 0.500. The lowest BCUT2D eigenvalue weighted by molar-refractivity contribution is -0.0468. The number of nitrogens with zero attached hydrogens (tertiary/aromatic N) is 3. The van der Waals surface area contributed by atoms with Gasteiger partial charge in [-0.25, -0.2) is 0 Å². The lowest BCUT2D eigenvalue weighted by Crippen LogP contribution is -2.50. The van der Waals surface area contributed by atoms with Crippen molar-refractivity contribution in [3.8, 4) is 5.75 Å². The van der Waals surface area contributed by atoms with Gasteiger partial charge in [0.05, 0.1) is 25.4 Å². The highest BCUT2D eigenvalue weighted by molar-refractivity contribution is 5.94. The first-order valence-electron chi connectivity index (χ1n) is 10.9. The predicted molar refractivity (Wildman–Crippen MR) is 116 cm³/mol. The van der Waals surface area contributed by atoms with Gasteiger partial charge in [-0.1, -0.05) is 25.0 Å². The molecule has 6 nitrogen and oxygen atoms in total. The van der Waals surface area contributed by atoms with Crippen LogP contribution in [0.1, 0.15) is 41.6 Å². The van der Waals surface area contributed by atoms with Gasteiger partial charge in [0.15, 0.2) is 0 Å². The average molecular weight is 410 g/mol. The van der Waals surface area contributed by atoms with Crippen molar-refractivity contribution < 1.29 is 14.3 Å². The van der Waals surface area contributed by atoms with Gasteiger partial charge in [0.25, 0.3) is 5.91 Å². The molecule has 0 N–H and O–H groups in total. The highest BCUT2D eigenvalue weighted by Gasteiger charge is 2.31. The van der Waals surface area contributed by atoms with E-state index in [1.807, 2.05) is 29.2 Å². The van der Waals surface area contributed by atoms with Crippen molar-refractivity contribution in [3.05, 3.63) is 59.9 Å². The maximum absolute atomic E-state index is 13.3. The van der Waals surface area contributed by atoms with Crippen molar-refractivity contribution in [1.82, 2.24) is 14.8 Å². The molecule has 1 atom stereocenters. The first-order chi connectivity index (χ1) is 14.7. The van der Waals surface area contributed by atoms with E-state index < -0.39 is 0 Å². The highest BCUT2D eigenvalue weighted by Crippen LogP contribution is 2.26. The molecular formula is C24H31N3O3. The molecule has 0 radical (unpaired) electrons. The molecule has 1 aliphatic heterocycles. The molecule has 2 aliphatic rings. The summed E-state index contributed by atoms with van der Waals surface area (Å²) in [6, 6.07) is 12.2. The number of aromatic nitrogens is 1. The van der Waals surface area contributed by atoms with Crippen LogP contribution in [0.25, 0.3) is 0 Å². The molecular weight excluding hydrogens is 378 g/mol. The molecule has 2 heterocycles. The Morgan fingerprint density at radius 1 is 1.27 bits per heavy atom. The number of morpholine rings is 1. The Morgan fingerprint density at radius 2 is 2.13 bits per heavy atom. The Bertz CT molecular complexity index is 823. The second kappa shape index (κ2) is 10.0. The van der Waals surface area contributed by atoms with E-state index in [0.29, 0.717) is 24.8 Å². The van der Waals surface area contributed by atoms with E-state index in [-0.39, 0.29) is 12.0 Å². The number of carbonyl (C=O) groups is 1. The second-order valence-electron chi connectivity index (χ2n) is 8.22. The Kier molecular flexibility index (Phi) is 6.97. The quantitative estimate of drug-likeness (QED) is 0.702. The van der Waals surface area contributed by atoms with Gasteiger partial charge in [0, 0.05) is 44.6 Å². The molecule has 2 fully saturated rings. The van der Waals surface area contributed by atoms with E-state index in [9.17, 15) is 4.79 Å². The summed E-state index contributed by atoms with van der Waals surface area (Å²) in [5.74, 6) is 0.954. The SMILES string of the molecule is COc1cccc(CN2CCOC(CN(C(=O)c3cccnc3)C3CCCC3)C2)c1. The number of methoxy groups -OCH3 is 1. The monoisotopic (exact) mass is 409 g/mol. The molecule has 1 saturated heterocycles. The zero-order valence-corrected chi connectivity index (χ0v) is 17.7. The number of hydrogen-bond donors (Lipinski definition) is 0. The van der Waals surface area contributed by atoms with Gasteiger partial charge in [-0.05, 0) is 42.7 Å². The van der Waals surface area contributed by atoms with Crippen molar-refractivity contribution in [2.75, 3.05) is 33.4 Å². The second-order valence-corrected chi connectivity index (χ2v) is 8.22. The summed E-state index contributed by atoms with van der Waals surface area (Å²) in [5, 5.41) is 0. The number of amides is 1. The molecule has 2 aromatic rings. The largest absolute Gasteiger partial charge is 0.497 e. The fourth-order valence-electron chi connectivity index (χ4n) is 4.55. The molecule has 1 saturated carbocycles. The normalized spacial score (nSPS) is 20.2. The number of hydrogen-bond acceptors (Lipinski definition) is 5. The summed E-state index contributed by atoms with van der Waals surface area (Å²) in [6.45, 7) is 3.90. The predicted octanol–water partition coefficient (Wildman–Crippen LogP) is 3.38. The average Bonchev–Trinajstić information content (AvgIpc) is 3.33. The van der Waals surface area contributed by atoms with E-state index >= 15 is 0 Å². The first kappa shape index (κ1) is 20.8. The Morgan fingerprint density at radius 3 is 2.90 bits per heavy atom. The van der Waals surface area contributed by atoms with E-state index in [2.05, 4.69) is 22.0 Å². The van der Waals surface area contributed by atoms with Gasteiger partial charge >= 0.3 is 0 Å². The summed E-state index contributed by atoms with van der Waals surface area (Å²) in [5.41, 5.74) is 1.89. The van der Waals surface area contributed by atoms with Crippen LogP contribution in [-0.2, 0) is 11.3 Å². The molecule has 0 bridgehead atoms. The Balaban J connectivity index is 1.42. The minimum absolute atomic E-state index is 0.0191. The van der Waals surface area contributed by atoms with Gasteiger partial charge in [-0.2, -0.15) is 0 Å². The van der Waals surface area contributed by atoms with Gasteiger partial charge < -0.3 is 14.4 Å². The van der Waals surface area contributed by atoms with Crippen molar-refractivity contribution in [2.24, 2.45) is 0 Å². The summed E-state index contributed by atoms with van der Waals surface area (Å²) < 4.78 is 11.4. The van der Waals surface area contributed by atoms with Gasteiger partial charge in [0.2, 0.25) is 0 Å². The standard InChI is InChI=1S/C24H31N3O3/c1-29-22-10-4-6-19(14-22)16-26-12-13-30-23(17-26)18-27(21-8-2-3-9-21)24(28)20-7-5-11-25-15-20/h4-7,10-11,14-15,21,23H,2-3,8-9,12-13,16-18H2,1H3. The maximum atomic E-state index is 13.3. The summed E-state index contributed by atoms with van der Waals surface area (Å²) in [4.78, 5) is 21.8. The molecule has 1 amide bonds. The third-order valence-electron chi connectivity index (χ3n) is 6.10. The minimum atomic E-state index is 0.0191. The van der Waals surface area contributed by atoms with Crippen LogP contribution >= 0.6 is 0 Å². The van der Waals surface area contributed by atoms with Crippen LogP contribution in [0.3, 0.4) is 0 Å². The van der Waals surface area contributed by atoms with Crippen LogP contribution in [0.2, 0.25) is 0 Å². The molecule has 1 aromatic carbocycles. The van der Waals surface area contributed by atoms with E-state index in [1.165, 1.54) is 18.4 Å². The van der Waals surface area contributed by atoms with E-state index in [1.54, 1.807) is 19.5 Å². The van der Waals surface area contributed by atoms with Gasteiger partial charge in [0.1, 0.15) is 5.75 Å². The minimum Gasteiger partial charge on any atom is -0.497 e. The number of carbonyl (C=O) groups excluding carboxylic acids is 1.